The first-order chi connectivity index (χ1) is 12.5. The number of rotatable bonds is 18. The lowest BCUT2D eigenvalue weighted by Gasteiger charge is -2.34. The minimum Gasteiger partial charge on any atom is -0.481 e. The third kappa shape index (κ3) is 14.3. The molecule has 0 saturated carbocycles. The van der Waals surface area contributed by atoms with Gasteiger partial charge in [0.15, 0.2) is 5.79 Å². The third-order valence-electron chi connectivity index (χ3n) is 4.68. The fraction of sp³-hybridized carbons (Fsp3) is 0.864. The fourth-order valence-corrected chi connectivity index (χ4v) is 3.32. The number of hydrogen-bond acceptors (Lipinski definition) is 3. The summed E-state index contributed by atoms with van der Waals surface area (Å²) in [7, 11) is 1.68. The zero-order valence-corrected chi connectivity index (χ0v) is 17.6. The Kier molecular flexibility index (Phi) is 15.8. The number of carboxylic acid groups (broad SMARTS) is 1. The molecule has 1 atom stereocenters. The van der Waals surface area contributed by atoms with Gasteiger partial charge in [-0.05, 0) is 46.5 Å². The van der Waals surface area contributed by atoms with Crippen molar-refractivity contribution in [3.63, 3.8) is 0 Å². The quantitative estimate of drug-likeness (QED) is 0.170. The van der Waals surface area contributed by atoms with E-state index in [0.29, 0.717) is 12.8 Å². The van der Waals surface area contributed by atoms with Gasteiger partial charge in [0, 0.05) is 26.4 Å². The number of carboxylic acids is 1. The number of allylic oxidation sites excluding steroid dienone is 2. The van der Waals surface area contributed by atoms with Crippen molar-refractivity contribution in [3.8, 4) is 0 Å². The molecule has 0 aromatic heterocycles. The average Bonchev–Trinajstić information content (AvgIpc) is 2.58. The van der Waals surface area contributed by atoms with Crippen LogP contribution in [-0.2, 0) is 14.3 Å². The predicted molar refractivity (Wildman–Crippen MR) is 108 cm³/mol. The Bertz CT molecular complexity index is 365. The van der Waals surface area contributed by atoms with E-state index < -0.39 is 11.8 Å². The summed E-state index contributed by atoms with van der Waals surface area (Å²) in [6.45, 7) is 6.08. The molecule has 0 saturated heterocycles. The lowest BCUT2D eigenvalue weighted by molar-refractivity contribution is -0.248. The van der Waals surface area contributed by atoms with Crippen LogP contribution in [0.2, 0.25) is 0 Å². The second-order valence-electron chi connectivity index (χ2n) is 7.46. The number of carbonyl (C=O) groups is 1. The highest BCUT2D eigenvalue weighted by Gasteiger charge is 2.31. The molecule has 0 aromatic rings. The molecule has 4 nitrogen and oxygen atoms in total. The standard InChI is InChI=1S/C22H42O4/c1-5-6-7-8-9-10-11-12-13-14-15-18-22(25-4,26-20(2)3)19-16-17-21(23)24/h5-6,20H,7-19H2,1-4H3,(H,23,24)/t22-/m0/s1. The average molecular weight is 371 g/mol. The van der Waals surface area contributed by atoms with Crippen molar-refractivity contribution in [2.45, 2.75) is 116 Å². The normalized spacial score (nSPS) is 14.2. The minimum atomic E-state index is -0.759. The topological polar surface area (TPSA) is 55.8 Å². The Morgan fingerprint density at radius 3 is 2.00 bits per heavy atom. The van der Waals surface area contributed by atoms with E-state index in [1.54, 1.807) is 7.11 Å². The molecular weight excluding hydrogens is 328 g/mol. The van der Waals surface area contributed by atoms with Crippen LogP contribution in [0.1, 0.15) is 104 Å². The number of unbranched alkanes of at least 4 members (excludes halogenated alkanes) is 8. The van der Waals surface area contributed by atoms with Crippen LogP contribution < -0.4 is 0 Å². The molecule has 0 radical (unpaired) electrons. The fourth-order valence-electron chi connectivity index (χ4n) is 3.32. The molecular formula is C22H42O4. The van der Waals surface area contributed by atoms with E-state index in [-0.39, 0.29) is 12.5 Å². The minimum absolute atomic E-state index is 0.0716. The van der Waals surface area contributed by atoms with E-state index >= 15 is 0 Å². The van der Waals surface area contributed by atoms with Crippen molar-refractivity contribution in [2.75, 3.05) is 7.11 Å². The molecule has 0 heterocycles. The van der Waals surface area contributed by atoms with Crippen LogP contribution in [0, 0.1) is 0 Å². The second kappa shape index (κ2) is 16.3. The summed E-state index contributed by atoms with van der Waals surface area (Å²) in [4.78, 5) is 10.8. The number of ether oxygens (including phenoxy) is 2. The van der Waals surface area contributed by atoms with E-state index in [9.17, 15) is 4.79 Å². The molecule has 0 aromatic carbocycles. The van der Waals surface area contributed by atoms with Crippen molar-refractivity contribution in [1.29, 1.82) is 0 Å². The molecule has 0 aliphatic heterocycles. The Balaban J connectivity index is 3.95. The van der Waals surface area contributed by atoms with Gasteiger partial charge in [0.1, 0.15) is 0 Å². The molecule has 154 valence electrons. The zero-order valence-electron chi connectivity index (χ0n) is 17.6. The Morgan fingerprint density at radius 2 is 1.50 bits per heavy atom. The van der Waals surface area contributed by atoms with E-state index in [4.69, 9.17) is 14.6 Å². The van der Waals surface area contributed by atoms with Gasteiger partial charge in [-0.2, -0.15) is 0 Å². The first-order valence-electron chi connectivity index (χ1n) is 10.5. The lowest BCUT2D eigenvalue weighted by Crippen LogP contribution is -2.37. The molecule has 4 heteroatoms. The zero-order chi connectivity index (χ0) is 19.7. The molecule has 0 aliphatic carbocycles. The van der Waals surface area contributed by atoms with Crippen molar-refractivity contribution in [3.05, 3.63) is 12.2 Å². The van der Waals surface area contributed by atoms with Gasteiger partial charge >= 0.3 is 5.97 Å². The highest BCUT2D eigenvalue weighted by Crippen LogP contribution is 2.29. The van der Waals surface area contributed by atoms with Crippen LogP contribution in [0.4, 0.5) is 0 Å². The molecule has 0 fully saturated rings. The molecule has 0 bridgehead atoms. The van der Waals surface area contributed by atoms with Crippen molar-refractivity contribution in [2.24, 2.45) is 0 Å². The summed E-state index contributed by atoms with van der Waals surface area (Å²) >= 11 is 0. The van der Waals surface area contributed by atoms with Gasteiger partial charge in [-0.15, -0.1) is 0 Å². The summed E-state index contributed by atoms with van der Waals surface area (Å²) in [6.07, 6.45) is 18.0. The van der Waals surface area contributed by atoms with Crippen LogP contribution in [-0.4, -0.2) is 30.1 Å². The maximum Gasteiger partial charge on any atom is 0.303 e. The highest BCUT2D eigenvalue weighted by atomic mass is 16.7. The summed E-state index contributed by atoms with van der Waals surface area (Å²) in [5, 5.41) is 8.86. The lowest BCUT2D eigenvalue weighted by atomic mass is 9.99. The smallest absolute Gasteiger partial charge is 0.303 e. The van der Waals surface area contributed by atoms with Crippen LogP contribution in [0.3, 0.4) is 0 Å². The van der Waals surface area contributed by atoms with Crippen molar-refractivity contribution < 1.29 is 19.4 Å². The van der Waals surface area contributed by atoms with Gasteiger partial charge in [0.25, 0.3) is 0 Å². The largest absolute Gasteiger partial charge is 0.481 e. The van der Waals surface area contributed by atoms with Gasteiger partial charge in [-0.1, -0.05) is 50.7 Å². The maximum absolute atomic E-state index is 10.8. The summed E-state index contributed by atoms with van der Waals surface area (Å²) in [5.41, 5.74) is 0. The van der Waals surface area contributed by atoms with Crippen molar-refractivity contribution in [1.82, 2.24) is 0 Å². The highest BCUT2D eigenvalue weighted by molar-refractivity contribution is 5.66. The molecule has 0 unspecified atom stereocenters. The van der Waals surface area contributed by atoms with E-state index in [1.165, 1.54) is 51.4 Å². The molecule has 0 amide bonds. The molecule has 1 N–H and O–H groups in total. The Labute approximate surface area is 161 Å². The van der Waals surface area contributed by atoms with Gasteiger partial charge < -0.3 is 14.6 Å². The van der Waals surface area contributed by atoms with Gasteiger partial charge in [0.05, 0.1) is 6.10 Å². The van der Waals surface area contributed by atoms with Crippen LogP contribution in [0.5, 0.6) is 0 Å². The monoisotopic (exact) mass is 370 g/mol. The molecule has 0 rings (SSSR count). The molecule has 0 spiro atoms. The molecule has 26 heavy (non-hydrogen) atoms. The van der Waals surface area contributed by atoms with Crippen molar-refractivity contribution >= 4 is 5.97 Å². The van der Waals surface area contributed by atoms with E-state index in [1.807, 2.05) is 13.8 Å². The van der Waals surface area contributed by atoms with E-state index in [0.717, 1.165) is 12.8 Å². The molecule has 0 aliphatic rings. The first-order valence-corrected chi connectivity index (χ1v) is 10.5. The summed E-state index contributed by atoms with van der Waals surface area (Å²) in [5.74, 6) is -1.39. The number of aliphatic carboxylic acids is 1. The summed E-state index contributed by atoms with van der Waals surface area (Å²) < 4.78 is 11.7. The first kappa shape index (κ1) is 25.1. The maximum atomic E-state index is 10.8. The number of methoxy groups -OCH3 is 1. The third-order valence-corrected chi connectivity index (χ3v) is 4.68. The van der Waals surface area contributed by atoms with Crippen LogP contribution >= 0.6 is 0 Å². The second-order valence-corrected chi connectivity index (χ2v) is 7.46. The Hall–Kier alpha value is -0.870. The van der Waals surface area contributed by atoms with Crippen LogP contribution in [0.15, 0.2) is 12.2 Å². The predicted octanol–water partition coefficient (Wildman–Crippen LogP) is 6.49. The Morgan fingerprint density at radius 1 is 0.962 bits per heavy atom. The van der Waals surface area contributed by atoms with Gasteiger partial charge in [-0.3, -0.25) is 4.79 Å². The number of hydrogen-bond donors (Lipinski definition) is 1. The van der Waals surface area contributed by atoms with Gasteiger partial charge in [-0.25, -0.2) is 0 Å². The summed E-state index contributed by atoms with van der Waals surface area (Å²) in [6, 6.07) is 0. The van der Waals surface area contributed by atoms with E-state index in [2.05, 4.69) is 19.1 Å². The SMILES string of the molecule is CC=CCCCCCCCCCC[C@](CCCC(=O)O)(OC)OC(C)C. The van der Waals surface area contributed by atoms with Crippen LogP contribution in [0.25, 0.3) is 0 Å². The van der Waals surface area contributed by atoms with Gasteiger partial charge in [0.2, 0.25) is 0 Å².